The van der Waals surface area contributed by atoms with Crippen molar-refractivity contribution in [3.63, 3.8) is 0 Å². The molecule has 0 rings (SSSR count). The summed E-state index contributed by atoms with van der Waals surface area (Å²) in [5, 5.41) is 11.3. The topological polar surface area (TPSA) is 92.7 Å². The Bertz CT molecular complexity index is 346. The number of amides is 1. The SMILES string of the molecule is COC(=O)C(CC(C)C)NC(=O)CSCC(C)C(=O)O. The minimum atomic E-state index is -0.884. The molecular weight excluding hydrogens is 282 g/mol. The van der Waals surface area contributed by atoms with Crippen molar-refractivity contribution in [1.29, 1.82) is 0 Å². The van der Waals surface area contributed by atoms with Gasteiger partial charge in [-0.2, -0.15) is 11.8 Å². The first-order valence-electron chi connectivity index (χ1n) is 6.45. The molecule has 7 heteroatoms. The predicted molar refractivity (Wildman–Crippen MR) is 77.5 cm³/mol. The molecule has 0 saturated heterocycles. The maximum atomic E-state index is 11.7. The number of ether oxygens (including phenoxy) is 1. The summed E-state index contributed by atoms with van der Waals surface area (Å²) in [4.78, 5) is 33.9. The fourth-order valence-electron chi connectivity index (χ4n) is 1.46. The number of methoxy groups -OCH3 is 1. The molecule has 0 aromatic heterocycles. The van der Waals surface area contributed by atoms with E-state index in [4.69, 9.17) is 5.11 Å². The first-order valence-corrected chi connectivity index (χ1v) is 7.61. The van der Waals surface area contributed by atoms with Crippen LogP contribution < -0.4 is 5.32 Å². The number of carboxylic acid groups (broad SMARTS) is 1. The molecule has 0 aromatic carbocycles. The van der Waals surface area contributed by atoms with Crippen molar-refractivity contribution in [2.45, 2.75) is 33.2 Å². The average molecular weight is 305 g/mol. The second-order valence-corrected chi connectivity index (χ2v) is 6.06. The molecule has 6 nitrogen and oxygen atoms in total. The van der Waals surface area contributed by atoms with Crippen molar-refractivity contribution in [3.05, 3.63) is 0 Å². The Morgan fingerprint density at radius 2 is 1.85 bits per heavy atom. The van der Waals surface area contributed by atoms with Crippen LogP contribution in [0, 0.1) is 11.8 Å². The zero-order valence-corrected chi connectivity index (χ0v) is 13.2. The van der Waals surface area contributed by atoms with Crippen LogP contribution in [-0.2, 0) is 19.1 Å². The van der Waals surface area contributed by atoms with Gasteiger partial charge in [0.05, 0.1) is 18.8 Å². The van der Waals surface area contributed by atoms with Crippen LogP contribution in [0.25, 0.3) is 0 Å². The molecule has 116 valence electrons. The first-order chi connectivity index (χ1) is 9.27. The lowest BCUT2D eigenvalue weighted by atomic mass is 10.0. The van der Waals surface area contributed by atoms with E-state index in [0.717, 1.165) is 0 Å². The van der Waals surface area contributed by atoms with Crippen LogP contribution >= 0.6 is 11.8 Å². The third kappa shape index (κ3) is 8.04. The Kier molecular flexibility index (Phi) is 9.03. The molecule has 0 fully saturated rings. The first kappa shape index (κ1) is 18.8. The maximum Gasteiger partial charge on any atom is 0.328 e. The summed E-state index contributed by atoms with van der Waals surface area (Å²) in [6.07, 6.45) is 0.509. The number of aliphatic carboxylic acids is 1. The Hall–Kier alpha value is -1.24. The third-order valence-electron chi connectivity index (χ3n) is 2.55. The number of rotatable bonds is 9. The number of carboxylic acids is 1. The summed E-state index contributed by atoms with van der Waals surface area (Å²) in [5.74, 6) is -1.40. The second kappa shape index (κ2) is 9.63. The maximum absolute atomic E-state index is 11.7. The average Bonchev–Trinajstić information content (AvgIpc) is 2.36. The van der Waals surface area contributed by atoms with Gasteiger partial charge in [-0.05, 0) is 12.3 Å². The number of carbonyl (C=O) groups excluding carboxylic acids is 2. The number of hydrogen-bond acceptors (Lipinski definition) is 5. The van der Waals surface area contributed by atoms with E-state index >= 15 is 0 Å². The van der Waals surface area contributed by atoms with E-state index in [1.54, 1.807) is 6.92 Å². The number of carbonyl (C=O) groups is 3. The van der Waals surface area contributed by atoms with E-state index in [1.165, 1.54) is 18.9 Å². The van der Waals surface area contributed by atoms with E-state index < -0.39 is 23.9 Å². The summed E-state index contributed by atoms with van der Waals surface area (Å²) in [5.41, 5.74) is 0. The van der Waals surface area contributed by atoms with Crippen molar-refractivity contribution in [1.82, 2.24) is 5.32 Å². The largest absolute Gasteiger partial charge is 0.481 e. The molecule has 0 heterocycles. The highest BCUT2D eigenvalue weighted by atomic mass is 32.2. The van der Waals surface area contributed by atoms with Crippen molar-refractivity contribution in [3.8, 4) is 0 Å². The van der Waals surface area contributed by atoms with Gasteiger partial charge in [-0.25, -0.2) is 4.79 Å². The van der Waals surface area contributed by atoms with Crippen LogP contribution in [0.4, 0.5) is 0 Å². The molecule has 0 spiro atoms. The van der Waals surface area contributed by atoms with E-state index in [0.29, 0.717) is 12.2 Å². The Labute approximate surface area is 123 Å². The van der Waals surface area contributed by atoms with E-state index in [2.05, 4.69) is 10.1 Å². The van der Waals surface area contributed by atoms with Crippen LogP contribution in [0.5, 0.6) is 0 Å². The normalized spacial score (nSPS) is 13.7. The van der Waals surface area contributed by atoms with Crippen LogP contribution in [0.2, 0.25) is 0 Å². The number of esters is 1. The molecule has 0 radical (unpaired) electrons. The summed E-state index contributed by atoms with van der Waals surface area (Å²) in [6, 6.07) is -0.648. The summed E-state index contributed by atoms with van der Waals surface area (Å²) < 4.78 is 4.65. The minimum Gasteiger partial charge on any atom is -0.481 e. The number of nitrogens with one attached hydrogen (secondary N) is 1. The van der Waals surface area contributed by atoms with E-state index in [9.17, 15) is 14.4 Å². The molecular formula is C13H23NO5S. The summed E-state index contributed by atoms with van der Waals surface area (Å²) >= 11 is 1.23. The molecule has 2 atom stereocenters. The van der Waals surface area contributed by atoms with Gasteiger partial charge >= 0.3 is 11.9 Å². The fourth-order valence-corrected chi connectivity index (χ4v) is 2.35. The quantitative estimate of drug-likeness (QED) is 0.621. The predicted octanol–water partition coefficient (Wildman–Crippen LogP) is 1.14. The minimum absolute atomic E-state index is 0.128. The Balaban J connectivity index is 4.19. The lowest BCUT2D eigenvalue weighted by Crippen LogP contribution is -2.43. The lowest BCUT2D eigenvalue weighted by Gasteiger charge is -2.18. The molecule has 2 N–H and O–H groups in total. The van der Waals surface area contributed by atoms with Gasteiger partial charge < -0.3 is 15.2 Å². The van der Waals surface area contributed by atoms with Crippen molar-refractivity contribution in [2.24, 2.45) is 11.8 Å². The zero-order chi connectivity index (χ0) is 15.7. The molecule has 0 aliphatic carbocycles. The van der Waals surface area contributed by atoms with Crippen molar-refractivity contribution >= 4 is 29.6 Å². The molecule has 0 aliphatic heterocycles. The van der Waals surface area contributed by atoms with Crippen LogP contribution in [0.15, 0.2) is 0 Å². The zero-order valence-electron chi connectivity index (χ0n) is 12.3. The van der Waals surface area contributed by atoms with Gasteiger partial charge in [0.25, 0.3) is 0 Å². The van der Waals surface area contributed by atoms with Crippen LogP contribution in [-0.4, -0.2) is 47.6 Å². The summed E-state index contributed by atoms with van der Waals surface area (Å²) in [6.45, 7) is 5.49. The molecule has 0 saturated carbocycles. The highest BCUT2D eigenvalue weighted by Crippen LogP contribution is 2.10. The smallest absolute Gasteiger partial charge is 0.328 e. The van der Waals surface area contributed by atoms with Gasteiger partial charge in [-0.3, -0.25) is 9.59 Å². The van der Waals surface area contributed by atoms with Crippen LogP contribution in [0.1, 0.15) is 27.2 Å². The standard InChI is InChI=1S/C13H23NO5S/c1-8(2)5-10(13(18)19-4)14-11(15)7-20-6-9(3)12(16)17/h8-10H,5-7H2,1-4H3,(H,14,15)(H,16,17). The monoisotopic (exact) mass is 305 g/mol. The highest BCUT2D eigenvalue weighted by molar-refractivity contribution is 7.99. The Morgan fingerprint density at radius 3 is 2.30 bits per heavy atom. The fraction of sp³-hybridized carbons (Fsp3) is 0.769. The molecule has 0 aliphatic rings. The van der Waals surface area contributed by atoms with Gasteiger partial charge in [0, 0.05) is 5.75 Å². The van der Waals surface area contributed by atoms with Gasteiger partial charge in [0.15, 0.2) is 0 Å². The van der Waals surface area contributed by atoms with Crippen LogP contribution in [0.3, 0.4) is 0 Å². The highest BCUT2D eigenvalue weighted by Gasteiger charge is 2.22. The molecule has 1 amide bonds. The van der Waals surface area contributed by atoms with Gasteiger partial charge in [0.1, 0.15) is 6.04 Å². The van der Waals surface area contributed by atoms with Gasteiger partial charge in [-0.1, -0.05) is 20.8 Å². The third-order valence-corrected chi connectivity index (χ3v) is 3.75. The van der Waals surface area contributed by atoms with Gasteiger partial charge in [0.2, 0.25) is 5.91 Å². The lowest BCUT2D eigenvalue weighted by molar-refractivity contribution is -0.145. The second-order valence-electron chi connectivity index (χ2n) is 5.03. The summed E-state index contributed by atoms with van der Waals surface area (Å²) in [7, 11) is 1.28. The van der Waals surface area contributed by atoms with Crippen molar-refractivity contribution in [2.75, 3.05) is 18.6 Å². The van der Waals surface area contributed by atoms with Crippen molar-refractivity contribution < 1.29 is 24.2 Å². The number of hydrogen-bond donors (Lipinski definition) is 2. The molecule has 20 heavy (non-hydrogen) atoms. The Morgan fingerprint density at radius 1 is 1.25 bits per heavy atom. The van der Waals surface area contributed by atoms with Gasteiger partial charge in [-0.15, -0.1) is 0 Å². The molecule has 2 unspecified atom stereocenters. The number of thioether (sulfide) groups is 1. The van der Waals surface area contributed by atoms with E-state index in [-0.39, 0.29) is 17.6 Å². The molecule has 0 aromatic rings. The molecule has 0 bridgehead atoms. The van der Waals surface area contributed by atoms with E-state index in [1.807, 2.05) is 13.8 Å².